The molecule has 1 aliphatic heterocycles. The van der Waals surface area contributed by atoms with Crippen LogP contribution in [0.4, 0.5) is 0 Å². The van der Waals surface area contributed by atoms with Crippen LogP contribution in [0.3, 0.4) is 0 Å². The number of hydrogen-bond donors (Lipinski definition) is 0. The summed E-state index contributed by atoms with van der Waals surface area (Å²) in [5.41, 5.74) is 0. The fourth-order valence-corrected chi connectivity index (χ4v) is 3.64. The third-order valence-corrected chi connectivity index (χ3v) is 5.40. The van der Waals surface area contributed by atoms with Crippen molar-refractivity contribution in [2.24, 2.45) is 7.05 Å². The number of thioether (sulfide) groups is 1. The van der Waals surface area contributed by atoms with Crippen LogP contribution in [0.2, 0.25) is 0 Å². The van der Waals surface area contributed by atoms with Gasteiger partial charge in [0.05, 0.1) is 5.75 Å². The van der Waals surface area contributed by atoms with Crippen molar-refractivity contribution in [3.63, 3.8) is 0 Å². The Hall–Kier alpha value is -1.94. The Balaban J connectivity index is 1.39. The summed E-state index contributed by atoms with van der Waals surface area (Å²) < 4.78 is 3.79. The van der Waals surface area contributed by atoms with E-state index in [0.717, 1.165) is 51.5 Å². The highest BCUT2D eigenvalue weighted by atomic mass is 32.2. The quantitative estimate of drug-likeness (QED) is 0.635. The first kappa shape index (κ1) is 17.9. The summed E-state index contributed by atoms with van der Waals surface area (Å²) in [7, 11) is 1.77. The molecular formula is C15H24N8OS. The molecule has 1 aliphatic rings. The van der Waals surface area contributed by atoms with Crippen LogP contribution < -0.4 is 0 Å². The number of rotatable bonds is 7. The predicted octanol–water partition coefficient (Wildman–Crippen LogP) is -0.0945. The molecule has 10 heteroatoms. The number of aryl methyl sites for hydroxylation is 2. The van der Waals surface area contributed by atoms with Crippen molar-refractivity contribution in [1.29, 1.82) is 0 Å². The molecule has 1 fully saturated rings. The number of carbonyl (C=O) groups is 1. The Labute approximate surface area is 151 Å². The number of hydrogen-bond acceptors (Lipinski definition) is 7. The van der Waals surface area contributed by atoms with Gasteiger partial charge in [0.15, 0.2) is 0 Å². The van der Waals surface area contributed by atoms with Gasteiger partial charge in [-0.1, -0.05) is 18.7 Å². The molecule has 1 saturated heterocycles. The number of tetrazole rings is 1. The molecule has 0 bridgehead atoms. The van der Waals surface area contributed by atoms with Crippen LogP contribution in [-0.2, 0) is 24.8 Å². The van der Waals surface area contributed by atoms with Gasteiger partial charge in [-0.25, -0.2) is 9.67 Å². The van der Waals surface area contributed by atoms with E-state index in [4.69, 9.17) is 0 Å². The lowest BCUT2D eigenvalue weighted by Gasteiger charge is -2.34. The molecule has 9 nitrogen and oxygen atoms in total. The van der Waals surface area contributed by atoms with E-state index < -0.39 is 0 Å². The van der Waals surface area contributed by atoms with E-state index in [9.17, 15) is 4.79 Å². The fourth-order valence-electron chi connectivity index (χ4n) is 2.89. The smallest absolute Gasteiger partial charge is 0.233 e. The summed E-state index contributed by atoms with van der Waals surface area (Å²) in [6, 6.07) is 0. The van der Waals surface area contributed by atoms with E-state index in [1.165, 1.54) is 11.8 Å². The third kappa shape index (κ3) is 4.57. The summed E-state index contributed by atoms with van der Waals surface area (Å²) in [6.07, 6.45) is 4.85. The maximum absolute atomic E-state index is 12.3. The molecule has 25 heavy (non-hydrogen) atoms. The van der Waals surface area contributed by atoms with Crippen molar-refractivity contribution in [3.05, 3.63) is 18.2 Å². The monoisotopic (exact) mass is 364 g/mol. The Bertz CT molecular complexity index is 691. The van der Waals surface area contributed by atoms with Gasteiger partial charge in [0.25, 0.3) is 0 Å². The second kappa shape index (κ2) is 8.43. The molecule has 3 heterocycles. The lowest BCUT2D eigenvalue weighted by atomic mass is 10.3. The number of amides is 1. The Morgan fingerprint density at radius 3 is 2.72 bits per heavy atom. The first-order chi connectivity index (χ1) is 12.2. The highest BCUT2D eigenvalue weighted by Crippen LogP contribution is 2.14. The van der Waals surface area contributed by atoms with E-state index in [1.54, 1.807) is 11.7 Å². The molecule has 0 aromatic carbocycles. The van der Waals surface area contributed by atoms with Gasteiger partial charge in [-0.3, -0.25) is 9.69 Å². The molecule has 0 atom stereocenters. The van der Waals surface area contributed by atoms with Crippen LogP contribution in [-0.4, -0.2) is 83.9 Å². The summed E-state index contributed by atoms with van der Waals surface area (Å²) in [5, 5.41) is 11.9. The molecule has 0 N–H and O–H groups in total. The average Bonchev–Trinajstić information content (AvgIpc) is 3.26. The summed E-state index contributed by atoms with van der Waals surface area (Å²) >= 11 is 1.38. The number of imidazole rings is 1. The largest absolute Gasteiger partial charge is 0.339 e. The minimum absolute atomic E-state index is 0.149. The van der Waals surface area contributed by atoms with Crippen LogP contribution in [0.1, 0.15) is 12.7 Å². The maximum atomic E-state index is 12.3. The number of piperazine rings is 1. The highest BCUT2D eigenvalue weighted by molar-refractivity contribution is 7.99. The zero-order valence-corrected chi connectivity index (χ0v) is 15.5. The van der Waals surface area contributed by atoms with Crippen LogP contribution in [0.5, 0.6) is 0 Å². The van der Waals surface area contributed by atoms with Crippen molar-refractivity contribution >= 4 is 17.7 Å². The average molecular weight is 364 g/mol. The topological polar surface area (TPSA) is 85.0 Å². The molecule has 0 aliphatic carbocycles. The van der Waals surface area contributed by atoms with Gasteiger partial charge in [-0.2, -0.15) is 0 Å². The summed E-state index contributed by atoms with van der Waals surface area (Å²) in [6.45, 7) is 7.45. The second-order valence-electron chi connectivity index (χ2n) is 5.99. The normalized spacial score (nSPS) is 15.7. The minimum Gasteiger partial charge on any atom is -0.339 e. The maximum Gasteiger partial charge on any atom is 0.233 e. The first-order valence-corrected chi connectivity index (χ1v) is 9.51. The van der Waals surface area contributed by atoms with E-state index in [-0.39, 0.29) is 5.91 Å². The summed E-state index contributed by atoms with van der Waals surface area (Å²) in [5.74, 6) is 1.66. The number of nitrogens with zero attached hydrogens (tertiary/aromatic N) is 8. The van der Waals surface area contributed by atoms with Crippen molar-refractivity contribution in [3.8, 4) is 0 Å². The minimum atomic E-state index is 0.149. The standard InChI is InChI=1S/C15H24N8OS/c1-3-13-16-4-5-22(13)9-6-21-7-10-23(11-8-21)14(24)12-25-15-17-18-19-20(15)2/h4-5H,3,6-12H2,1-2H3. The Morgan fingerprint density at radius 2 is 2.04 bits per heavy atom. The van der Waals surface area contributed by atoms with Crippen molar-refractivity contribution in [1.82, 2.24) is 39.6 Å². The van der Waals surface area contributed by atoms with Gasteiger partial charge in [0.2, 0.25) is 11.1 Å². The van der Waals surface area contributed by atoms with Gasteiger partial charge in [0.1, 0.15) is 5.82 Å². The second-order valence-corrected chi connectivity index (χ2v) is 6.93. The van der Waals surface area contributed by atoms with E-state index in [1.807, 2.05) is 17.3 Å². The SMILES string of the molecule is CCc1nccn1CCN1CCN(C(=O)CSc2nnnn2C)CC1. The lowest BCUT2D eigenvalue weighted by molar-refractivity contribution is -0.130. The van der Waals surface area contributed by atoms with E-state index in [2.05, 4.69) is 36.9 Å². The summed E-state index contributed by atoms with van der Waals surface area (Å²) in [4.78, 5) is 21.0. The molecule has 0 radical (unpaired) electrons. The van der Waals surface area contributed by atoms with Gasteiger partial charge in [-0.15, -0.1) is 5.10 Å². The fraction of sp³-hybridized carbons (Fsp3) is 0.667. The molecule has 3 rings (SSSR count). The molecule has 1 amide bonds. The zero-order valence-electron chi connectivity index (χ0n) is 14.7. The van der Waals surface area contributed by atoms with Gasteiger partial charge < -0.3 is 9.47 Å². The molecular weight excluding hydrogens is 340 g/mol. The van der Waals surface area contributed by atoms with Crippen molar-refractivity contribution in [2.45, 2.75) is 25.0 Å². The first-order valence-electron chi connectivity index (χ1n) is 8.52. The number of carbonyl (C=O) groups excluding carboxylic acids is 1. The zero-order chi connectivity index (χ0) is 17.6. The van der Waals surface area contributed by atoms with Crippen LogP contribution in [0.25, 0.3) is 0 Å². The lowest BCUT2D eigenvalue weighted by Crippen LogP contribution is -2.49. The number of aromatic nitrogens is 6. The van der Waals surface area contributed by atoms with Gasteiger partial charge in [0, 0.05) is 65.1 Å². The van der Waals surface area contributed by atoms with Crippen molar-refractivity contribution < 1.29 is 4.79 Å². The van der Waals surface area contributed by atoms with Crippen LogP contribution in [0.15, 0.2) is 17.6 Å². The van der Waals surface area contributed by atoms with Crippen LogP contribution in [0, 0.1) is 0 Å². The molecule has 0 unspecified atom stereocenters. The highest BCUT2D eigenvalue weighted by Gasteiger charge is 2.21. The predicted molar refractivity (Wildman–Crippen MR) is 94.1 cm³/mol. The van der Waals surface area contributed by atoms with Gasteiger partial charge >= 0.3 is 0 Å². The molecule has 136 valence electrons. The molecule has 0 saturated carbocycles. The molecule has 2 aromatic heterocycles. The van der Waals surface area contributed by atoms with Crippen molar-refractivity contribution in [2.75, 3.05) is 38.5 Å². The van der Waals surface area contributed by atoms with Gasteiger partial charge in [-0.05, 0) is 10.4 Å². The van der Waals surface area contributed by atoms with E-state index in [0.29, 0.717) is 10.9 Å². The third-order valence-electron chi connectivity index (χ3n) is 4.41. The molecule has 2 aromatic rings. The van der Waals surface area contributed by atoms with Crippen LogP contribution >= 0.6 is 11.8 Å². The van der Waals surface area contributed by atoms with E-state index >= 15 is 0 Å². The Kier molecular flexibility index (Phi) is 6.03. The molecule has 0 spiro atoms. The Morgan fingerprint density at radius 1 is 1.24 bits per heavy atom.